The third kappa shape index (κ3) is 7.89. The van der Waals surface area contributed by atoms with Gasteiger partial charge in [-0.1, -0.05) is 70.8 Å². The number of aryl methyl sites for hydroxylation is 4. The van der Waals surface area contributed by atoms with Gasteiger partial charge in [0, 0.05) is 94.0 Å². The van der Waals surface area contributed by atoms with Gasteiger partial charge in [0.05, 0.1) is 91.1 Å². The third-order valence-corrected chi connectivity index (χ3v) is 29.2. The Bertz CT molecular complexity index is 6720. The summed E-state index contributed by atoms with van der Waals surface area (Å²) in [7, 11) is 0. The van der Waals surface area contributed by atoms with E-state index in [1.807, 2.05) is 92.3 Å². The molecule has 0 spiro atoms. The van der Waals surface area contributed by atoms with Gasteiger partial charge in [-0.2, -0.15) is 0 Å². The molecule has 0 saturated carbocycles. The maximum atomic E-state index is 14.6. The molecule has 22 rings (SSSR count). The number of fused-ring (bicyclic) bond motifs is 28. The molecule has 0 saturated heterocycles. The van der Waals surface area contributed by atoms with E-state index in [0.717, 1.165) is 86.8 Å². The van der Waals surface area contributed by atoms with Crippen molar-refractivity contribution in [3.8, 4) is 22.7 Å². The number of aromatic nitrogens is 4. The number of thiophene rings is 8. The molecular formula is C80H44F4N4S8. The van der Waals surface area contributed by atoms with E-state index in [1.165, 1.54) is 121 Å². The van der Waals surface area contributed by atoms with Crippen molar-refractivity contribution in [2.75, 3.05) is 0 Å². The number of rotatable bonds is 4. The molecule has 0 aliphatic heterocycles. The highest BCUT2D eigenvalue weighted by molar-refractivity contribution is 7.39. The van der Waals surface area contributed by atoms with Crippen LogP contribution in [0, 0.1) is 51.0 Å². The lowest BCUT2D eigenvalue weighted by Gasteiger charge is -2.09. The Kier molecular flexibility index (Phi) is 11.8. The molecule has 12 heterocycles. The minimum atomic E-state index is -0.227. The van der Waals surface area contributed by atoms with Crippen LogP contribution in [0.1, 0.15) is 22.3 Å². The molecule has 0 bridgehead atoms. The Balaban J connectivity index is 0.000000127. The van der Waals surface area contributed by atoms with Gasteiger partial charge in [-0.25, -0.2) is 17.6 Å². The fourth-order valence-electron chi connectivity index (χ4n) is 14.8. The van der Waals surface area contributed by atoms with Gasteiger partial charge in [-0.15, -0.1) is 90.7 Å². The van der Waals surface area contributed by atoms with Gasteiger partial charge in [-0.05, 0) is 173 Å². The molecule has 0 aliphatic rings. The first kappa shape index (κ1) is 56.0. The van der Waals surface area contributed by atoms with Crippen molar-refractivity contribution in [1.82, 2.24) is 18.3 Å². The largest absolute Gasteiger partial charge is 0.307 e. The van der Waals surface area contributed by atoms with Crippen LogP contribution in [0.3, 0.4) is 0 Å². The van der Waals surface area contributed by atoms with Gasteiger partial charge in [-0.3, -0.25) is 0 Å². The summed E-state index contributed by atoms with van der Waals surface area (Å²) in [5, 5.41) is 9.29. The second-order valence-electron chi connectivity index (χ2n) is 25.2. The van der Waals surface area contributed by atoms with Gasteiger partial charge in [0.15, 0.2) is 0 Å². The summed E-state index contributed by atoms with van der Waals surface area (Å²) in [6, 6.07) is 64.5. The van der Waals surface area contributed by atoms with Crippen LogP contribution in [0.5, 0.6) is 0 Å². The van der Waals surface area contributed by atoms with E-state index < -0.39 is 0 Å². The fraction of sp³-hybridized carbons (Fsp3) is 0.0500. The van der Waals surface area contributed by atoms with E-state index in [9.17, 15) is 17.6 Å². The zero-order valence-corrected chi connectivity index (χ0v) is 57.6. The fourth-order valence-corrected chi connectivity index (χ4v) is 25.4. The summed E-state index contributed by atoms with van der Waals surface area (Å²) in [6.07, 6.45) is 0. The highest BCUT2D eigenvalue weighted by Crippen LogP contribution is 2.56. The van der Waals surface area contributed by atoms with Crippen LogP contribution in [-0.4, -0.2) is 18.3 Å². The minimum Gasteiger partial charge on any atom is -0.307 e. The molecule has 0 N–H and O–H groups in total. The average molecular weight is 1390 g/mol. The number of benzene rings is 10. The zero-order valence-electron chi connectivity index (χ0n) is 51.0. The Hall–Kier alpha value is -9.20. The van der Waals surface area contributed by atoms with Gasteiger partial charge in [0.25, 0.3) is 0 Å². The standard InChI is InChI=1S/2C40H22F2N2S4/c1-19-3-9-23(10-4-19)43-29-15-21(41)7-13-25(29)35-33(43)39-37(47-35)27-17-32-28(18-31(27)45-39)38-40(46-32)34-36(48-38)26-14-8-22(42)16-30(26)44(34)24-11-5-20(2)6-12-24;1-19-3-9-23(10-4-19)43-33-25-13-7-21(41)15-29(25)45-37(33)39-35(43)27-17-32-28(18-31(27)47-39)36-40(48-32)38-34(26-14-8-22(42)16-30(26)46-38)44(36)24-11-5-20(2)6-12-24/h2*3-18H,1-2H3. The number of halogens is 4. The van der Waals surface area contributed by atoms with Gasteiger partial charge >= 0.3 is 0 Å². The van der Waals surface area contributed by atoms with Crippen LogP contribution >= 0.6 is 90.7 Å². The lowest BCUT2D eigenvalue weighted by Crippen LogP contribution is -1.94. The lowest BCUT2D eigenvalue weighted by atomic mass is 10.1. The number of hydrogen-bond donors (Lipinski definition) is 0. The van der Waals surface area contributed by atoms with Crippen molar-refractivity contribution in [2.45, 2.75) is 27.7 Å². The second kappa shape index (κ2) is 20.2. The predicted molar refractivity (Wildman–Crippen MR) is 412 cm³/mol. The molecule has 0 atom stereocenters. The monoisotopic (exact) mass is 1390 g/mol. The van der Waals surface area contributed by atoms with Crippen LogP contribution in [0.15, 0.2) is 194 Å². The predicted octanol–water partition coefficient (Wildman–Crippen LogP) is 27.3. The quantitative estimate of drug-likeness (QED) is 0.157. The first-order valence-electron chi connectivity index (χ1n) is 31.3. The van der Waals surface area contributed by atoms with Crippen LogP contribution in [-0.2, 0) is 0 Å². The maximum absolute atomic E-state index is 14.6. The smallest absolute Gasteiger partial charge is 0.125 e. The molecule has 12 aromatic heterocycles. The molecule has 0 amide bonds. The second-order valence-corrected chi connectivity index (χ2v) is 33.5. The highest BCUT2D eigenvalue weighted by Gasteiger charge is 2.29. The van der Waals surface area contributed by atoms with Gasteiger partial charge in [0.2, 0.25) is 0 Å². The van der Waals surface area contributed by atoms with Crippen LogP contribution in [0.4, 0.5) is 17.6 Å². The van der Waals surface area contributed by atoms with E-state index in [4.69, 9.17) is 0 Å². The van der Waals surface area contributed by atoms with Gasteiger partial charge in [0.1, 0.15) is 23.3 Å². The van der Waals surface area contributed by atoms with E-state index in [-0.39, 0.29) is 23.3 Å². The van der Waals surface area contributed by atoms with E-state index in [0.29, 0.717) is 0 Å². The molecule has 22 aromatic rings. The average Bonchev–Trinajstić information content (AvgIpc) is 1.54. The molecule has 4 nitrogen and oxygen atoms in total. The zero-order chi connectivity index (χ0) is 64.0. The normalized spacial score (nSPS) is 12.6. The molecule has 0 unspecified atom stereocenters. The molecule has 460 valence electrons. The molecule has 0 fully saturated rings. The van der Waals surface area contributed by atoms with Crippen molar-refractivity contribution >= 4 is 253 Å². The Labute approximate surface area is 574 Å². The first-order chi connectivity index (χ1) is 46.8. The summed E-state index contributed by atoms with van der Waals surface area (Å²) in [5.41, 5.74) is 17.9. The van der Waals surface area contributed by atoms with Crippen molar-refractivity contribution < 1.29 is 17.6 Å². The van der Waals surface area contributed by atoms with Crippen LogP contribution in [0.25, 0.3) is 185 Å². The topological polar surface area (TPSA) is 19.7 Å². The minimum absolute atomic E-state index is 0.209. The van der Waals surface area contributed by atoms with Crippen LogP contribution < -0.4 is 0 Å². The highest BCUT2D eigenvalue weighted by atomic mass is 32.1. The number of nitrogens with zero attached hydrogens (tertiary/aromatic N) is 4. The van der Waals surface area contributed by atoms with E-state index >= 15 is 0 Å². The summed E-state index contributed by atoms with van der Waals surface area (Å²) >= 11 is 14.3. The molecule has 16 heteroatoms. The number of hydrogen-bond acceptors (Lipinski definition) is 8. The molecule has 0 aliphatic carbocycles. The SMILES string of the molecule is Cc1ccc(-n2c3c4ccc(F)cc4sc3c3sc4cc5c(cc4c32)sc2c3sc4cc(F)ccc4c3n(-c3ccc(C)cc3)c52)cc1.Cc1ccc(-n2c3cc(F)ccc3c3sc4c5cc6sc7c(sc8c9ccc(F)cc9n(-c9ccc(C)cc9)c87)c6cc5sc4c32)cc1. The van der Waals surface area contributed by atoms with Crippen molar-refractivity contribution in [1.29, 1.82) is 0 Å². The Morgan fingerprint density at radius 3 is 0.812 bits per heavy atom. The summed E-state index contributed by atoms with van der Waals surface area (Å²) in [5.74, 6) is -0.872. The molecule has 96 heavy (non-hydrogen) atoms. The van der Waals surface area contributed by atoms with Crippen molar-refractivity contribution in [3.05, 3.63) is 240 Å². The van der Waals surface area contributed by atoms with E-state index in [2.05, 4.69) is 167 Å². The molecule has 10 aromatic carbocycles. The Morgan fingerprint density at radius 1 is 0.208 bits per heavy atom. The van der Waals surface area contributed by atoms with Crippen LogP contribution in [0.2, 0.25) is 0 Å². The Morgan fingerprint density at radius 2 is 0.469 bits per heavy atom. The first-order valence-corrected chi connectivity index (χ1v) is 37.8. The molecule has 0 radical (unpaired) electrons. The van der Waals surface area contributed by atoms with Crippen molar-refractivity contribution in [2.24, 2.45) is 0 Å². The maximum Gasteiger partial charge on any atom is 0.125 e. The molecular weight excluding hydrogens is 1350 g/mol. The summed E-state index contributed by atoms with van der Waals surface area (Å²) in [4.78, 5) is 0. The van der Waals surface area contributed by atoms with Gasteiger partial charge < -0.3 is 18.3 Å². The van der Waals surface area contributed by atoms with E-state index in [1.54, 1.807) is 71.2 Å². The lowest BCUT2D eigenvalue weighted by molar-refractivity contribution is 0.629. The summed E-state index contributed by atoms with van der Waals surface area (Å²) in [6.45, 7) is 8.40. The summed E-state index contributed by atoms with van der Waals surface area (Å²) < 4.78 is 86.5. The third-order valence-electron chi connectivity index (χ3n) is 19.2. The van der Waals surface area contributed by atoms with Crippen molar-refractivity contribution in [3.63, 3.8) is 0 Å².